The van der Waals surface area contributed by atoms with Crippen LogP contribution in [0.5, 0.6) is 0 Å². The first kappa shape index (κ1) is 15.6. The summed E-state index contributed by atoms with van der Waals surface area (Å²) in [5.74, 6) is -1.68. The second-order valence-corrected chi connectivity index (χ2v) is 5.81. The molecule has 0 aromatic carbocycles. The minimum absolute atomic E-state index is 0.218. The van der Waals surface area contributed by atoms with E-state index in [0.717, 1.165) is 0 Å². The number of hydrogen-bond donors (Lipinski definition) is 4. The topological polar surface area (TPSA) is 127 Å². The summed E-state index contributed by atoms with van der Waals surface area (Å²) in [6.45, 7) is 1.70. The third kappa shape index (κ3) is 5.06. The fourth-order valence-electron chi connectivity index (χ4n) is 0.655. The van der Waals surface area contributed by atoms with Gasteiger partial charge in [0.25, 0.3) is 0 Å². The van der Waals surface area contributed by atoms with Gasteiger partial charge in [0.2, 0.25) is 0 Å². The van der Waals surface area contributed by atoms with E-state index in [1.807, 2.05) is 0 Å². The van der Waals surface area contributed by atoms with Crippen molar-refractivity contribution >= 4 is 33.5 Å². The van der Waals surface area contributed by atoms with Crippen LogP contribution in [0.3, 0.4) is 0 Å². The molecule has 2 atom stereocenters. The summed E-state index contributed by atoms with van der Waals surface area (Å²) < 4.78 is 0. The molecule has 0 aromatic heterocycles. The molecule has 0 rings (SSSR count). The van der Waals surface area contributed by atoms with Crippen molar-refractivity contribution in [2.45, 2.75) is 24.9 Å². The Balaban J connectivity index is 3.89. The molecule has 0 fully saturated rings. The highest BCUT2D eigenvalue weighted by molar-refractivity contribution is 8.76. The van der Waals surface area contributed by atoms with E-state index in [0.29, 0.717) is 6.42 Å². The maximum Gasteiger partial charge on any atom is 0.324 e. The van der Waals surface area contributed by atoms with Gasteiger partial charge in [-0.3, -0.25) is 9.59 Å². The zero-order valence-corrected chi connectivity index (χ0v) is 10.5. The molecule has 0 bridgehead atoms. The van der Waals surface area contributed by atoms with Gasteiger partial charge in [-0.05, 0) is 6.42 Å². The van der Waals surface area contributed by atoms with Gasteiger partial charge in [-0.25, -0.2) is 0 Å². The average molecular weight is 268 g/mol. The van der Waals surface area contributed by atoms with Crippen molar-refractivity contribution in [2.24, 2.45) is 11.5 Å². The predicted molar refractivity (Wildman–Crippen MR) is 65.4 cm³/mol. The third-order valence-electron chi connectivity index (χ3n) is 2.02. The van der Waals surface area contributed by atoms with E-state index in [9.17, 15) is 9.59 Å². The maximum absolute atomic E-state index is 10.8. The monoisotopic (exact) mass is 268 g/mol. The summed E-state index contributed by atoms with van der Waals surface area (Å²) in [5.41, 5.74) is 9.65. The molecule has 0 saturated heterocycles. The maximum atomic E-state index is 10.8. The molecule has 8 heteroatoms. The van der Waals surface area contributed by atoms with E-state index in [4.69, 9.17) is 21.7 Å². The molecule has 0 aliphatic heterocycles. The highest BCUT2D eigenvalue weighted by atomic mass is 33.1. The first-order chi connectivity index (χ1) is 7.33. The minimum atomic E-state index is -1.26. The van der Waals surface area contributed by atoms with Crippen molar-refractivity contribution in [2.75, 3.05) is 11.5 Å². The van der Waals surface area contributed by atoms with Crippen molar-refractivity contribution in [1.29, 1.82) is 0 Å². The molecule has 0 aliphatic rings. The number of nitrogens with two attached hydrogens (primary N) is 2. The van der Waals surface area contributed by atoms with E-state index in [-0.39, 0.29) is 11.5 Å². The summed E-state index contributed by atoms with van der Waals surface area (Å²) in [6.07, 6.45) is 0.320. The summed E-state index contributed by atoms with van der Waals surface area (Å²) in [4.78, 5) is 21.2. The molecule has 0 unspecified atom stereocenters. The normalized spacial score (nSPS) is 16.4. The quantitative estimate of drug-likeness (QED) is 0.357. The second-order valence-electron chi connectivity index (χ2n) is 3.31. The Hall–Kier alpha value is -0.440. The van der Waals surface area contributed by atoms with Gasteiger partial charge in [0, 0.05) is 11.5 Å². The largest absolute Gasteiger partial charge is 0.480 e. The zero-order valence-electron chi connectivity index (χ0n) is 8.88. The number of carboxylic acid groups (broad SMARTS) is 2. The Bertz CT molecular complexity index is 264. The second kappa shape index (κ2) is 7.00. The number of carbonyl (C=O) groups is 2. The zero-order chi connectivity index (χ0) is 12.8. The highest BCUT2D eigenvalue weighted by Gasteiger charge is 2.31. The van der Waals surface area contributed by atoms with Crippen LogP contribution in [0.1, 0.15) is 13.3 Å². The fourth-order valence-corrected chi connectivity index (χ4v) is 3.27. The number of carboxylic acids is 2. The lowest BCUT2D eigenvalue weighted by atomic mass is 10.0. The van der Waals surface area contributed by atoms with Crippen LogP contribution in [-0.2, 0) is 9.59 Å². The molecule has 6 N–H and O–H groups in total. The van der Waals surface area contributed by atoms with E-state index >= 15 is 0 Å². The van der Waals surface area contributed by atoms with Crippen LogP contribution < -0.4 is 11.5 Å². The van der Waals surface area contributed by atoms with Gasteiger partial charge in [-0.15, -0.1) is 0 Å². The van der Waals surface area contributed by atoms with E-state index in [1.165, 1.54) is 21.6 Å². The van der Waals surface area contributed by atoms with Crippen molar-refractivity contribution in [3.05, 3.63) is 0 Å². The van der Waals surface area contributed by atoms with E-state index in [1.54, 1.807) is 6.92 Å². The van der Waals surface area contributed by atoms with Gasteiger partial charge in [0.1, 0.15) is 11.6 Å². The lowest BCUT2D eigenvalue weighted by Crippen LogP contribution is -2.49. The van der Waals surface area contributed by atoms with E-state index in [2.05, 4.69) is 0 Å². The van der Waals surface area contributed by atoms with Crippen molar-refractivity contribution in [3.8, 4) is 0 Å². The third-order valence-corrected chi connectivity index (χ3v) is 4.58. The molecular formula is C8H16N2O4S2. The molecule has 0 aliphatic carbocycles. The number of aliphatic carboxylic acids is 2. The standard InChI is InChI=1S/C8H16N2O4S2/c1-2-8(10,7(13)14)4-16-15-3-5(9)6(11)12/h5H,2-4,9-10H2,1H3,(H,11,12)(H,13,14)/t5-,8-/m0/s1. The van der Waals surface area contributed by atoms with Crippen molar-refractivity contribution in [1.82, 2.24) is 0 Å². The van der Waals surface area contributed by atoms with Crippen LogP contribution in [-0.4, -0.2) is 45.2 Å². The first-order valence-corrected chi connectivity index (χ1v) is 7.07. The van der Waals surface area contributed by atoms with Gasteiger partial charge in [0.05, 0.1) is 0 Å². The van der Waals surface area contributed by atoms with Crippen molar-refractivity contribution in [3.63, 3.8) is 0 Å². The van der Waals surface area contributed by atoms with Crippen LogP contribution in [0.15, 0.2) is 0 Å². The Morgan fingerprint density at radius 2 is 1.94 bits per heavy atom. The van der Waals surface area contributed by atoms with E-state index < -0.39 is 23.5 Å². The molecule has 94 valence electrons. The van der Waals surface area contributed by atoms with Crippen LogP contribution in [0.4, 0.5) is 0 Å². The summed E-state index contributed by atoms with van der Waals surface area (Å²) in [6, 6.07) is -0.934. The first-order valence-electron chi connectivity index (χ1n) is 4.58. The SMILES string of the molecule is CC[C@](N)(CSSC[C@H](N)C(=O)O)C(=O)O. The van der Waals surface area contributed by atoms with Gasteiger partial charge >= 0.3 is 11.9 Å². The molecule has 0 saturated carbocycles. The summed E-state index contributed by atoms with van der Waals surface area (Å²) >= 11 is 0. The Morgan fingerprint density at radius 3 is 2.31 bits per heavy atom. The van der Waals surface area contributed by atoms with Crippen LogP contribution in [0, 0.1) is 0 Å². The fraction of sp³-hybridized carbons (Fsp3) is 0.750. The summed E-state index contributed by atoms with van der Waals surface area (Å²) in [7, 11) is 2.44. The van der Waals surface area contributed by atoms with Crippen LogP contribution >= 0.6 is 21.6 Å². The molecule has 0 aromatic rings. The molecule has 0 amide bonds. The minimum Gasteiger partial charge on any atom is -0.480 e. The lowest BCUT2D eigenvalue weighted by molar-refractivity contribution is -0.142. The predicted octanol–water partition coefficient (Wildman–Crippen LogP) is -0.0282. The van der Waals surface area contributed by atoms with Gasteiger partial charge in [-0.2, -0.15) is 0 Å². The number of rotatable bonds is 8. The van der Waals surface area contributed by atoms with Gasteiger partial charge < -0.3 is 21.7 Å². The highest BCUT2D eigenvalue weighted by Crippen LogP contribution is 2.26. The number of hydrogen-bond acceptors (Lipinski definition) is 6. The molecule has 0 radical (unpaired) electrons. The average Bonchev–Trinajstić information content (AvgIpc) is 2.23. The van der Waals surface area contributed by atoms with Crippen molar-refractivity contribution < 1.29 is 19.8 Å². The summed E-state index contributed by atoms with van der Waals surface area (Å²) in [5, 5.41) is 17.4. The van der Waals surface area contributed by atoms with Gasteiger partial charge in [0.15, 0.2) is 0 Å². The lowest BCUT2D eigenvalue weighted by Gasteiger charge is -2.21. The van der Waals surface area contributed by atoms with Crippen LogP contribution in [0.25, 0.3) is 0 Å². The Morgan fingerprint density at radius 1 is 1.38 bits per heavy atom. The molecule has 0 heterocycles. The molecule has 16 heavy (non-hydrogen) atoms. The molecular weight excluding hydrogens is 252 g/mol. The smallest absolute Gasteiger partial charge is 0.324 e. The Kier molecular flexibility index (Phi) is 6.81. The molecule has 0 spiro atoms. The Labute approximate surface area is 102 Å². The van der Waals surface area contributed by atoms with Crippen LogP contribution in [0.2, 0.25) is 0 Å². The molecule has 6 nitrogen and oxygen atoms in total. The van der Waals surface area contributed by atoms with Gasteiger partial charge in [-0.1, -0.05) is 28.5 Å².